The van der Waals surface area contributed by atoms with Crippen molar-refractivity contribution in [1.82, 2.24) is 10.0 Å². The van der Waals surface area contributed by atoms with Crippen molar-refractivity contribution in [2.45, 2.75) is 24.8 Å². The maximum atomic E-state index is 12.4. The summed E-state index contributed by atoms with van der Waals surface area (Å²) in [4.78, 5) is 10.3. The molecule has 0 fully saturated rings. The number of halogens is 2. The molecule has 0 heterocycles. The van der Waals surface area contributed by atoms with Crippen LogP contribution in [0, 0.1) is 17.0 Å². The summed E-state index contributed by atoms with van der Waals surface area (Å²) in [6.45, 7) is 3.45. The van der Waals surface area contributed by atoms with Crippen molar-refractivity contribution in [3.63, 3.8) is 0 Å². The number of nitrogens with one attached hydrogen (secondary N) is 2. The van der Waals surface area contributed by atoms with Crippen molar-refractivity contribution in [2.75, 3.05) is 20.7 Å². The highest BCUT2D eigenvalue weighted by molar-refractivity contribution is 9.10. The molecule has 0 saturated heterocycles. The Labute approximate surface area is 149 Å². The first-order valence-electron chi connectivity index (χ1n) is 6.34. The van der Waals surface area contributed by atoms with E-state index in [0.29, 0.717) is 10.0 Å². The molecule has 1 unspecified atom stereocenters. The molecular formula is C12H19BrClN3O5S. The first-order chi connectivity index (χ1) is 10.2. The summed E-state index contributed by atoms with van der Waals surface area (Å²) in [6.07, 6.45) is 0. The maximum Gasteiger partial charge on any atom is 0.316 e. The number of hydrogen-bond donors (Lipinski definition) is 2. The molecule has 11 heteroatoms. The number of rotatable bonds is 7. The van der Waals surface area contributed by atoms with E-state index in [1.54, 1.807) is 14.0 Å². The SMILES string of the molecule is CNC(C)CNS(=O)(=O)c1cc(Br)c(C)c([N+](=O)[O-])c1OC.Cl. The summed E-state index contributed by atoms with van der Waals surface area (Å²) in [6, 6.07) is 1.21. The van der Waals surface area contributed by atoms with Crippen LogP contribution in [0.3, 0.4) is 0 Å². The monoisotopic (exact) mass is 431 g/mol. The van der Waals surface area contributed by atoms with Crippen LogP contribution in [0.5, 0.6) is 5.75 Å². The van der Waals surface area contributed by atoms with Gasteiger partial charge in [-0.2, -0.15) is 0 Å². The quantitative estimate of drug-likeness (QED) is 0.503. The largest absolute Gasteiger partial charge is 0.489 e. The molecule has 0 spiro atoms. The summed E-state index contributed by atoms with van der Waals surface area (Å²) < 4.78 is 32.5. The van der Waals surface area contributed by atoms with Gasteiger partial charge in [0.25, 0.3) is 0 Å². The number of methoxy groups -OCH3 is 1. The molecule has 2 N–H and O–H groups in total. The van der Waals surface area contributed by atoms with Crippen molar-refractivity contribution in [1.29, 1.82) is 0 Å². The van der Waals surface area contributed by atoms with Crippen molar-refractivity contribution < 1.29 is 18.1 Å². The second kappa shape index (κ2) is 8.78. The topological polar surface area (TPSA) is 111 Å². The van der Waals surface area contributed by atoms with E-state index in [1.807, 2.05) is 0 Å². The van der Waals surface area contributed by atoms with Crippen LogP contribution < -0.4 is 14.8 Å². The van der Waals surface area contributed by atoms with Crippen LogP contribution in [0.4, 0.5) is 5.69 Å². The molecule has 1 atom stereocenters. The smallest absolute Gasteiger partial charge is 0.316 e. The molecule has 1 aromatic rings. The van der Waals surface area contributed by atoms with Gasteiger partial charge in [-0.15, -0.1) is 12.4 Å². The molecule has 132 valence electrons. The molecule has 0 aliphatic carbocycles. The average molecular weight is 433 g/mol. The Hall–Kier alpha value is -0.940. The fraction of sp³-hybridized carbons (Fsp3) is 0.500. The van der Waals surface area contributed by atoms with Crippen LogP contribution in [0.15, 0.2) is 15.4 Å². The van der Waals surface area contributed by atoms with E-state index in [9.17, 15) is 18.5 Å². The minimum absolute atomic E-state index is 0. The van der Waals surface area contributed by atoms with Gasteiger partial charge in [-0.3, -0.25) is 10.1 Å². The third-order valence-electron chi connectivity index (χ3n) is 3.16. The molecule has 0 aromatic heterocycles. The van der Waals surface area contributed by atoms with Crippen molar-refractivity contribution in [3.05, 3.63) is 26.2 Å². The van der Waals surface area contributed by atoms with Crippen LogP contribution in [-0.2, 0) is 10.0 Å². The highest BCUT2D eigenvalue weighted by Crippen LogP contribution is 2.40. The molecule has 23 heavy (non-hydrogen) atoms. The predicted octanol–water partition coefficient (Wildman–Crippen LogP) is 1.98. The minimum atomic E-state index is -3.95. The Bertz CT molecular complexity index is 684. The molecule has 8 nitrogen and oxygen atoms in total. The zero-order valence-corrected chi connectivity index (χ0v) is 16.3. The molecule has 0 saturated carbocycles. The molecule has 0 aliphatic heterocycles. The summed E-state index contributed by atoms with van der Waals surface area (Å²) in [5.74, 6) is -0.282. The fourth-order valence-electron chi connectivity index (χ4n) is 1.72. The van der Waals surface area contributed by atoms with Gasteiger partial charge >= 0.3 is 5.69 Å². The Morgan fingerprint density at radius 2 is 2.04 bits per heavy atom. The lowest BCUT2D eigenvalue weighted by Gasteiger charge is -2.15. The number of sulfonamides is 1. The van der Waals surface area contributed by atoms with Crippen LogP contribution >= 0.6 is 28.3 Å². The number of nitro groups is 1. The second-order valence-electron chi connectivity index (χ2n) is 4.66. The van der Waals surface area contributed by atoms with E-state index >= 15 is 0 Å². The predicted molar refractivity (Wildman–Crippen MR) is 93.0 cm³/mol. The van der Waals surface area contributed by atoms with Gasteiger partial charge in [-0.1, -0.05) is 15.9 Å². The Balaban J connectivity index is 0.00000484. The number of benzene rings is 1. The minimum Gasteiger partial charge on any atom is -0.489 e. The molecular weight excluding hydrogens is 414 g/mol. The number of ether oxygens (including phenoxy) is 1. The van der Waals surface area contributed by atoms with Gasteiger partial charge in [-0.25, -0.2) is 13.1 Å². The second-order valence-corrected chi connectivity index (χ2v) is 7.25. The van der Waals surface area contributed by atoms with Gasteiger partial charge < -0.3 is 10.1 Å². The molecule has 0 amide bonds. The highest BCUT2D eigenvalue weighted by atomic mass is 79.9. The molecule has 1 rings (SSSR count). The normalized spacial score (nSPS) is 12.4. The van der Waals surface area contributed by atoms with E-state index in [2.05, 4.69) is 26.0 Å². The van der Waals surface area contributed by atoms with E-state index in [1.165, 1.54) is 20.1 Å². The molecule has 0 bridgehead atoms. The van der Waals surface area contributed by atoms with E-state index < -0.39 is 14.9 Å². The summed E-state index contributed by atoms with van der Waals surface area (Å²) >= 11 is 3.15. The first kappa shape index (κ1) is 22.1. The zero-order chi connectivity index (χ0) is 17.1. The van der Waals surface area contributed by atoms with Gasteiger partial charge in [0.15, 0.2) is 0 Å². The third kappa shape index (κ3) is 5.01. The van der Waals surface area contributed by atoms with E-state index in [-0.39, 0.29) is 41.3 Å². The number of nitrogens with zero attached hydrogens (tertiary/aromatic N) is 1. The van der Waals surface area contributed by atoms with Crippen LogP contribution in [0.25, 0.3) is 0 Å². The lowest BCUT2D eigenvalue weighted by atomic mass is 10.2. The Kier molecular flexibility index (Phi) is 8.43. The van der Waals surface area contributed by atoms with Gasteiger partial charge in [0, 0.05) is 22.6 Å². The van der Waals surface area contributed by atoms with Gasteiger partial charge in [0.05, 0.1) is 12.0 Å². The van der Waals surface area contributed by atoms with Crippen molar-refractivity contribution in [2.24, 2.45) is 0 Å². The number of likely N-dealkylation sites (N-methyl/N-ethyl adjacent to an activating group) is 1. The summed E-state index contributed by atoms with van der Waals surface area (Å²) in [7, 11) is -1.05. The molecule has 0 aliphatic rings. The number of hydrogen-bond acceptors (Lipinski definition) is 6. The van der Waals surface area contributed by atoms with Crippen LogP contribution in [0.2, 0.25) is 0 Å². The maximum absolute atomic E-state index is 12.4. The van der Waals surface area contributed by atoms with Crippen LogP contribution in [0.1, 0.15) is 12.5 Å². The summed E-state index contributed by atoms with van der Waals surface area (Å²) in [5, 5.41) is 14.1. The molecule has 1 aromatic carbocycles. The van der Waals surface area contributed by atoms with Crippen LogP contribution in [-0.4, -0.2) is 40.1 Å². The zero-order valence-electron chi connectivity index (χ0n) is 13.0. The van der Waals surface area contributed by atoms with Crippen molar-refractivity contribution >= 4 is 44.0 Å². The van der Waals surface area contributed by atoms with E-state index in [4.69, 9.17) is 4.74 Å². The van der Waals surface area contributed by atoms with Gasteiger partial charge in [0.2, 0.25) is 15.8 Å². The Morgan fingerprint density at radius 1 is 1.48 bits per heavy atom. The molecule has 0 radical (unpaired) electrons. The van der Waals surface area contributed by atoms with Gasteiger partial charge in [0.1, 0.15) is 4.90 Å². The van der Waals surface area contributed by atoms with Gasteiger partial charge in [-0.05, 0) is 27.0 Å². The standard InChI is InChI=1S/C12H18BrN3O5S.ClH/c1-7(14-3)6-15-22(19,20)10-5-9(13)8(2)11(16(17)18)12(10)21-4;/h5,7,14-15H,6H2,1-4H3;1H. The first-order valence-corrected chi connectivity index (χ1v) is 8.61. The lowest BCUT2D eigenvalue weighted by molar-refractivity contribution is -0.386. The Morgan fingerprint density at radius 3 is 2.48 bits per heavy atom. The number of nitro benzene ring substituents is 1. The average Bonchev–Trinajstić information content (AvgIpc) is 2.46. The fourth-order valence-corrected chi connectivity index (χ4v) is 3.61. The lowest BCUT2D eigenvalue weighted by Crippen LogP contribution is -2.37. The third-order valence-corrected chi connectivity index (χ3v) is 5.41. The van der Waals surface area contributed by atoms with E-state index in [0.717, 1.165) is 0 Å². The van der Waals surface area contributed by atoms with Crippen molar-refractivity contribution in [3.8, 4) is 5.75 Å². The summed E-state index contributed by atoms with van der Waals surface area (Å²) in [5.41, 5.74) is -0.0803. The highest BCUT2D eigenvalue weighted by Gasteiger charge is 2.31.